The number of sulfonamides is 1. The lowest BCUT2D eigenvalue weighted by Gasteiger charge is -2.19. The molecule has 0 saturated heterocycles. The highest BCUT2D eigenvalue weighted by Gasteiger charge is 2.21. The third kappa shape index (κ3) is 2.33. The first-order valence-electron chi connectivity index (χ1n) is 6.55. The second kappa shape index (κ2) is 5.10. The molecule has 0 aliphatic carbocycles. The smallest absolute Gasteiger partial charge is 0.264 e. The van der Waals surface area contributed by atoms with Gasteiger partial charge in [-0.3, -0.25) is 4.31 Å². The van der Waals surface area contributed by atoms with Gasteiger partial charge in [0.15, 0.2) is 0 Å². The van der Waals surface area contributed by atoms with Gasteiger partial charge in [-0.2, -0.15) is 0 Å². The molecule has 0 amide bonds. The summed E-state index contributed by atoms with van der Waals surface area (Å²) >= 11 is 0. The van der Waals surface area contributed by atoms with Gasteiger partial charge in [0.1, 0.15) is 5.82 Å². The highest BCUT2D eigenvalue weighted by Crippen LogP contribution is 2.25. The van der Waals surface area contributed by atoms with E-state index in [2.05, 4.69) is 4.98 Å². The number of imidazole rings is 1. The van der Waals surface area contributed by atoms with E-state index >= 15 is 0 Å². The third-order valence-electron chi connectivity index (χ3n) is 3.54. The Morgan fingerprint density at radius 3 is 2.50 bits per heavy atom. The first-order valence-corrected chi connectivity index (χ1v) is 7.99. The number of hydrogen-bond donors (Lipinski definition) is 0. The Morgan fingerprint density at radius 1 is 1.14 bits per heavy atom. The number of anilines is 1. The Labute approximate surface area is 127 Å². The summed E-state index contributed by atoms with van der Waals surface area (Å²) in [5.41, 5.74) is 2.12. The fraction of sp³-hybridized carbons (Fsp3) is 0.133. The molecule has 22 heavy (non-hydrogen) atoms. The van der Waals surface area contributed by atoms with Gasteiger partial charge in [0.05, 0.1) is 27.9 Å². The van der Waals surface area contributed by atoms with Gasteiger partial charge in [-0.05, 0) is 42.5 Å². The normalized spacial score (nSPS) is 11.8. The number of aryl methyl sites for hydroxylation is 1. The number of rotatable bonds is 3. The van der Waals surface area contributed by atoms with Crippen LogP contribution in [0.1, 0.15) is 0 Å². The van der Waals surface area contributed by atoms with Gasteiger partial charge in [0, 0.05) is 14.1 Å². The number of halogens is 1. The van der Waals surface area contributed by atoms with Crippen LogP contribution < -0.4 is 4.31 Å². The number of fused-ring (bicyclic) bond motifs is 1. The Balaban J connectivity index is 2.03. The number of aromatic nitrogens is 2. The number of benzene rings is 2. The zero-order valence-corrected chi connectivity index (χ0v) is 12.9. The molecule has 0 radical (unpaired) electrons. The van der Waals surface area contributed by atoms with Gasteiger partial charge in [-0.25, -0.2) is 17.8 Å². The summed E-state index contributed by atoms with van der Waals surface area (Å²) in [6.07, 6.45) is 1.67. The molecule has 1 aromatic heterocycles. The van der Waals surface area contributed by atoms with Crippen molar-refractivity contribution in [2.75, 3.05) is 11.4 Å². The van der Waals surface area contributed by atoms with Crippen molar-refractivity contribution in [2.24, 2.45) is 7.05 Å². The van der Waals surface area contributed by atoms with Crippen LogP contribution in [-0.2, 0) is 17.1 Å². The molecule has 0 aliphatic rings. The molecule has 0 unspecified atom stereocenters. The van der Waals surface area contributed by atoms with Gasteiger partial charge in [-0.1, -0.05) is 0 Å². The van der Waals surface area contributed by atoms with Crippen molar-refractivity contribution in [3.63, 3.8) is 0 Å². The third-order valence-corrected chi connectivity index (χ3v) is 5.34. The van der Waals surface area contributed by atoms with E-state index in [1.54, 1.807) is 18.5 Å². The second-order valence-corrected chi connectivity index (χ2v) is 6.92. The van der Waals surface area contributed by atoms with Crippen LogP contribution in [0.4, 0.5) is 10.1 Å². The van der Waals surface area contributed by atoms with Crippen LogP contribution in [0.5, 0.6) is 0 Å². The van der Waals surface area contributed by atoms with Crippen molar-refractivity contribution in [1.82, 2.24) is 9.55 Å². The Bertz CT molecular complexity index is 933. The van der Waals surface area contributed by atoms with Gasteiger partial charge in [0.2, 0.25) is 0 Å². The first kappa shape index (κ1) is 14.5. The molecule has 114 valence electrons. The lowest BCUT2D eigenvalue weighted by atomic mass is 10.3. The van der Waals surface area contributed by atoms with E-state index in [4.69, 9.17) is 0 Å². The molecular formula is C15H14FN3O2S. The zero-order valence-electron chi connectivity index (χ0n) is 12.1. The van der Waals surface area contributed by atoms with Crippen LogP contribution in [0.25, 0.3) is 11.0 Å². The van der Waals surface area contributed by atoms with Crippen molar-refractivity contribution < 1.29 is 12.8 Å². The molecule has 0 spiro atoms. The summed E-state index contributed by atoms with van der Waals surface area (Å²) in [6, 6.07) is 9.99. The minimum absolute atomic E-state index is 0.0394. The van der Waals surface area contributed by atoms with E-state index in [0.717, 1.165) is 22.0 Å². The Kier molecular flexibility index (Phi) is 3.37. The standard InChI is InChI=1S/C15H14FN3O2S/c1-18-10-17-14-9-12(5-8-15(14)18)19(2)22(20,21)13-6-3-11(16)4-7-13/h3-10H,1-2H3. The van der Waals surface area contributed by atoms with Crippen molar-refractivity contribution >= 4 is 26.7 Å². The van der Waals surface area contributed by atoms with E-state index in [1.165, 1.54) is 19.2 Å². The minimum Gasteiger partial charge on any atom is -0.334 e. The summed E-state index contributed by atoms with van der Waals surface area (Å²) in [5.74, 6) is -0.475. The van der Waals surface area contributed by atoms with E-state index in [9.17, 15) is 12.8 Å². The number of hydrogen-bond acceptors (Lipinski definition) is 3. The van der Waals surface area contributed by atoms with Gasteiger partial charge in [0.25, 0.3) is 10.0 Å². The molecule has 3 rings (SSSR count). The monoisotopic (exact) mass is 319 g/mol. The maximum atomic E-state index is 13.0. The summed E-state index contributed by atoms with van der Waals surface area (Å²) in [6.45, 7) is 0. The summed E-state index contributed by atoms with van der Waals surface area (Å²) in [5, 5.41) is 0. The minimum atomic E-state index is -3.74. The lowest BCUT2D eigenvalue weighted by molar-refractivity contribution is 0.593. The van der Waals surface area contributed by atoms with Crippen LogP contribution >= 0.6 is 0 Å². The zero-order chi connectivity index (χ0) is 15.9. The van der Waals surface area contributed by atoms with Crippen LogP contribution in [0, 0.1) is 5.82 Å². The van der Waals surface area contributed by atoms with Crippen LogP contribution in [0.3, 0.4) is 0 Å². The largest absolute Gasteiger partial charge is 0.334 e. The average Bonchev–Trinajstić information content (AvgIpc) is 2.88. The molecule has 0 aliphatic heterocycles. The molecule has 1 heterocycles. The topological polar surface area (TPSA) is 55.2 Å². The summed E-state index contributed by atoms with van der Waals surface area (Å²) < 4.78 is 41.1. The van der Waals surface area contributed by atoms with Gasteiger partial charge in [-0.15, -0.1) is 0 Å². The quantitative estimate of drug-likeness (QED) is 0.745. The molecule has 3 aromatic rings. The molecule has 7 heteroatoms. The fourth-order valence-electron chi connectivity index (χ4n) is 2.22. The van der Waals surface area contributed by atoms with Gasteiger partial charge >= 0.3 is 0 Å². The molecule has 0 atom stereocenters. The Hall–Kier alpha value is -2.41. The first-order chi connectivity index (χ1) is 10.4. The van der Waals surface area contributed by atoms with Crippen LogP contribution in [-0.4, -0.2) is 25.0 Å². The fourth-order valence-corrected chi connectivity index (χ4v) is 3.41. The second-order valence-electron chi connectivity index (χ2n) is 4.95. The molecule has 0 saturated carbocycles. The Morgan fingerprint density at radius 2 is 1.82 bits per heavy atom. The maximum absolute atomic E-state index is 13.0. The van der Waals surface area contributed by atoms with Crippen molar-refractivity contribution in [1.29, 1.82) is 0 Å². The molecule has 0 fully saturated rings. The summed E-state index contributed by atoms with van der Waals surface area (Å²) in [7, 11) is -0.408. The van der Waals surface area contributed by atoms with Gasteiger partial charge < -0.3 is 4.57 Å². The number of nitrogens with zero attached hydrogens (tertiary/aromatic N) is 3. The highest BCUT2D eigenvalue weighted by molar-refractivity contribution is 7.92. The van der Waals surface area contributed by atoms with E-state index < -0.39 is 15.8 Å². The SMILES string of the molecule is CN(c1ccc2c(c1)ncn2C)S(=O)(=O)c1ccc(F)cc1. The highest BCUT2D eigenvalue weighted by atomic mass is 32.2. The average molecular weight is 319 g/mol. The molecule has 0 N–H and O–H groups in total. The molecule has 5 nitrogen and oxygen atoms in total. The van der Waals surface area contributed by atoms with Crippen LogP contribution in [0.2, 0.25) is 0 Å². The van der Waals surface area contributed by atoms with Crippen molar-refractivity contribution in [3.05, 3.63) is 54.6 Å². The molecule has 2 aromatic carbocycles. The molecular weight excluding hydrogens is 305 g/mol. The summed E-state index contributed by atoms with van der Waals surface area (Å²) in [4.78, 5) is 4.26. The van der Waals surface area contributed by atoms with E-state index in [-0.39, 0.29) is 4.90 Å². The van der Waals surface area contributed by atoms with E-state index in [0.29, 0.717) is 11.2 Å². The maximum Gasteiger partial charge on any atom is 0.264 e. The predicted octanol–water partition coefficient (Wildman–Crippen LogP) is 2.54. The predicted molar refractivity (Wildman–Crippen MR) is 82.7 cm³/mol. The van der Waals surface area contributed by atoms with Crippen LogP contribution in [0.15, 0.2) is 53.7 Å². The lowest BCUT2D eigenvalue weighted by Crippen LogP contribution is -2.26. The van der Waals surface area contributed by atoms with Crippen molar-refractivity contribution in [3.8, 4) is 0 Å². The van der Waals surface area contributed by atoms with Crippen molar-refractivity contribution in [2.45, 2.75) is 4.90 Å². The van der Waals surface area contributed by atoms with E-state index in [1.807, 2.05) is 17.7 Å². The molecule has 0 bridgehead atoms.